The first kappa shape index (κ1) is 15.0. The molecule has 2 fully saturated rings. The molecule has 4 heteroatoms. The third kappa shape index (κ3) is 2.97. The molecule has 0 N–H and O–H groups in total. The lowest BCUT2D eigenvalue weighted by atomic mass is 9.93. The van der Waals surface area contributed by atoms with E-state index in [1.165, 1.54) is 25.5 Å². The summed E-state index contributed by atoms with van der Waals surface area (Å²) in [4.78, 5) is 4.83. The molecule has 3 atom stereocenters. The fraction of sp³-hybridized carbons (Fsp3) is 0.579. The standard InChI is InChI=1S/C19H25FN2O/c1-23-19-5-4-17(20)12-18(19)22-8-6-21(7-9-22)13-16-11-14-2-3-15(16)10-14/h2-5,12,14-16H,6-11,13H2,1H3. The monoisotopic (exact) mass is 316 g/mol. The minimum absolute atomic E-state index is 0.197. The van der Waals surface area contributed by atoms with E-state index in [0.717, 1.165) is 55.4 Å². The number of piperazine rings is 1. The SMILES string of the molecule is COc1ccc(F)cc1N1CCN(CC2CC3C=CC2C3)CC1. The van der Waals surface area contributed by atoms with Crippen molar-refractivity contribution in [2.75, 3.05) is 44.7 Å². The Morgan fingerprint density at radius 3 is 2.61 bits per heavy atom. The van der Waals surface area contributed by atoms with E-state index in [2.05, 4.69) is 22.0 Å². The summed E-state index contributed by atoms with van der Waals surface area (Å²) in [7, 11) is 1.65. The molecule has 4 rings (SSSR count). The highest BCUT2D eigenvalue weighted by atomic mass is 19.1. The third-order valence-electron chi connectivity index (χ3n) is 5.76. The van der Waals surface area contributed by atoms with Gasteiger partial charge in [-0.1, -0.05) is 12.2 Å². The van der Waals surface area contributed by atoms with Crippen molar-refractivity contribution in [1.29, 1.82) is 0 Å². The Morgan fingerprint density at radius 1 is 1.13 bits per heavy atom. The van der Waals surface area contributed by atoms with Crippen molar-refractivity contribution < 1.29 is 9.13 Å². The molecule has 3 unspecified atom stereocenters. The molecule has 1 saturated carbocycles. The van der Waals surface area contributed by atoms with Gasteiger partial charge >= 0.3 is 0 Å². The first-order valence-corrected chi connectivity index (χ1v) is 8.72. The minimum atomic E-state index is -0.197. The molecular formula is C19H25FN2O. The van der Waals surface area contributed by atoms with Crippen LogP contribution in [0.15, 0.2) is 30.4 Å². The van der Waals surface area contributed by atoms with Gasteiger partial charge in [-0.05, 0) is 42.7 Å². The van der Waals surface area contributed by atoms with Crippen LogP contribution in [0.2, 0.25) is 0 Å². The number of halogens is 1. The van der Waals surface area contributed by atoms with Crippen LogP contribution in [-0.2, 0) is 0 Å². The smallest absolute Gasteiger partial charge is 0.142 e. The zero-order chi connectivity index (χ0) is 15.8. The molecule has 1 saturated heterocycles. The van der Waals surface area contributed by atoms with Crippen molar-refractivity contribution >= 4 is 5.69 Å². The van der Waals surface area contributed by atoms with Gasteiger partial charge < -0.3 is 9.64 Å². The number of rotatable bonds is 4. The number of anilines is 1. The van der Waals surface area contributed by atoms with Crippen LogP contribution < -0.4 is 9.64 Å². The number of hydrogen-bond donors (Lipinski definition) is 0. The number of methoxy groups -OCH3 is 1. The van der Waals surface area contributed by atoms with Crippen LogP contribution in [0.3, 0.4) is 0 Å². The fourth-order valence-electron chi connectivity index (χ4n) is 4.52. The number of benzene rings is 1. The Bertz CT molecular complexity index is 595. The van der Waals surface area contributed by atoms with E-state index in [9.17, 15) is 4.39 Å². The van der Waals surface area contributed by atoms with E-state index in [1.807, 2.05) is 0 Å². The van der Waals surface area contributed by atoms with Gasteiger partial charge in [0.05, 0.1) is 12.8 Å². The molecule has 2 aliphatic carbocycles. The molecule has 0 radical (unpaired) electrons. The van der Waals surface area contributed by atoms with Crippen molar-refractivity contribution in [2.24, 2.45) is 17.8 Å². The lowest BCUT2D eigenvalue weighted by Crippen LogP contribution is -2.48. The molecule has 3 nitrogen and oxygen atoms in total. The molecule has 2 bridgehead atoms. The zero-order valence-corrected chi connectivity index (χ0v) is 13.7. The van der Waals surface area contributed by atoms with Crippen LogP contribution in [-0.4, -0.2) is 44.7 Å². The molecule has 1 aromatic carbocycles. The quantitative estimate of drug-likeness (QED) is 0.794. The van der Waals surface area contributed by atoms with Crippen molar-refractivity contribution in [3.63, 3.8) is 0 Å². The van der Waals surface area contributed by atoms with Crippen LogP contribution in [0.4, 0.5) is 10.1 Å². The zero-order valence-electron chi connectivity index (χ0n) is 13.7. The molecular weight excluding hydrogens is 291 g/mol. The van der Waals surface area contributed by atoms with Gasteiger partial charge in [0.1, 0.15) is 11.6 Å². The molecule has 0 spiro atoms. The highest BCUT2D eigenvalue weighted by Gasteiger charge is 2.36. The van der Waals surface area contributed by atoms with Gasteiger partial charge in [-0.15, -0.1) is 0 Å². The van der Waals surface area contributed by atoms with E-state index >= 15 is 0 Å². The summed E-state index contributed by atoms with van der Waals surface area (Å²) < 4.78 is 19.0. The maximum absolute atomic E-state index is 13.6. The third-order valence-corrected chi connectivity index (χ3v) is 5.76. The largest absolute Gasteiger partial charge is 0.495 e. The highest BCUT2D eigenvalue weighted by molar-refractivity contribution is 5.59. The summed E-state index contributed by atoms with van der Waals surface area (Å²) in [6.45, 7) is 5.21. The van der Waals surface area contributed by atoms with E-state index < -0.39 is 0 Å². The van der Waals surface area contributed by atoms with Crippen LogP contribution in [0.25, 0.3) is 0 Å². The first-order valence-electron chi connectivity index (χ1n) is 8.72. The normalized spacial score (nSPS) is 30.2. The maximum Gasteiger partial charge on any atom is 0.142 e. The van der Waals surface area contributed by atoms with Crippen LogP contribution in [0.1, 0.15) is 12.8 Å². The van der Waals surface area contributed by atoms with Crippen LogP contribution in [0.5, 0.6) is 5.75 Å². The van der Waals surface area contributed by atoms with Gasteiger partial charge in [0.15, 0.2) is 0 Å². The van der Waals surface area contributed by atoms with Gasteiger partial charge in [0.2, 0.25) is 0 Å². The highest BCUT2D eigenvalue weighted by Crippen LogP contribution is 2.43. The minimum Gasteiger partial charge on any atom is -0.495 e. The molecule has 1 aliphatic heterocycles. The Labute approximate surface area is 137 Å². The summed E-state index contributed by atoms with van der Waals surface area (Å²) in [6, 6.07) is 4.77. The number of fused-ring (bicyclic) bond motifs is 2. The Hall–Kier alpha value is -1.55. The van der Waals surface area contributed by atoms with Crippen molar-refractivity contribution in [3.8, 4) is 5.75 Å². The molecule has 124 valence electrons. The fourth-order valence-corrected chi connectivity index (χ4v) is 4.52. The topological polar surface area (TPSA) is 15.7 Å². The second kappa shape index (κ2) is 6.16. The van der Waals surface area contributed by atoms with Crippen molar-refractivity contribution in [2.45, 2.75) is 12.8 Å². The Balaban J connectivity index is 1.36. The molecule has 0 amide bonds. The van der Waals surface area contributed by atoms with E-state index in [0.29, 0.717) is 0 Å². The van der Waals surface area contributed by atoms with Crippen molar-refractivity contribution in [1.82, 2.24) is 4.90 Å². The number of ether oxygens (including phenoxy) is 1. The molecule has 23 heavy (non-hydrogen) atoms. The van der Waals surface area contributed by atoms with E-state index in [1.54, 1.807) is 19.2 Å². The van der Waals surface area contributed by atoms with Gasteiger partial charge in [-0.3, -0.25) is 4.90 Å². The lowest BCUT2D eigenvalue weighted by Gasteiger charge is -2.38. The Kier molecular flexibility index (Phi) is 4.02. The number of allylic oxidation sites excluding steroid dienone is 2. The van der Waals surface area contributed by atoms with Gasteiger partial charge in [-0.2, -0.15) is 0 Å². The Morgan fingerprint density at radius 2 is 1.96 bits per heavy atom. The average molecular weight is 316 g/mol. The number of hydrogen-bond acceptors (Lipinski definition) is 3. The summed E-state index contributed by atoms with van der Waals surface area (Å²) in [5, 5.41) is 0. The molecule has 1 heterocycles. The molecule has 3 aliphatic rings. The van der Waals surface area contributed by atoms with Gasteiger partial charge in [-0.25, -0.2) is 4.39 Å². The van der Waals surface area contributed by atoms with Gasteiger partial charge in [0.25, 0.3) is 0 Å². The molecule has 0 aromatic heterocycles. The second-order valence-electron chi connectivity index (χ2n) is 7.14. The summed E-state index contributed by atoms with van der Waals surface area (Å²) in [5.74, 6) is 3.08. The van der Waals surface area contributed by atoms with Crippen LogP contribution in [0, 0.1) is 23.6 Å². The number of nitrogens with zero attached hydrogens (tertiary/aromatic N) is 2. The van der Waals surface area contributed by atoms with E-state index in [-0.39, 0.29) is 5.82 Å². The summed E-state index contributed by atoms with van der Waals surface area (Å²) in [6.07, 6.45) is 7.60. The van der Waals surface area contributed by atoms with E-state index in [4.69, 9.17) is 4.74 Å². The van der Waals surface area contributed by atoms with Gasteiger partial charge in [0, 0.05) is 38.8 Å². The second-order valence-corrected chi connectivity index (χ2v) is 7.14. The predicted molar refractivity (Wildman–Crippen MR) is 90.4 cm³/mol. The first-order chi connectivity index (χ1) is 11.2. The van der Waals surface area contributed by atoms with Crippen LogP contribution >= 0.6 is 0 Å². The average Bonchev–Trinajstić information content (AvgIpc) is 3.18. The lowest BCUT2D eigenvalue weighted by molar-refractivity contribution is 0.204. The molecule has 1 aromatic rings. The predicted octanol–water partition coefficient (Wildman–Crippen LogP) is 3.17. The maximum atomic E-state index is 13.6. The van der Waals surface area contributed by atoms with Crippen molar-refractivity contribution in [3.05, 3.63) is 36.2 Å². The summed E-state index contributed by atoms with van der Waals surface area (Å²) in [5.41, 5.74) is 0.884. The summed E-state index contributed by atoms with van der Waals surface area (Å²) >= 11 is 0.